The van der Waals surface area contributed by atoms with Crippen LogP contribution in [0, 0.1) is 0 Å². The molecule has 14 heavy (non-hydrogen) atoms. The van der Waals surface area contributed by atoms with Crippen LogP contribution in [0.25, 0.3) is 10.8 Å². The van der Waals surface area contributed by atoms with Gasteiger partial charge >= 0.3 is 8.25 Å². The van der Waals surface area contributed by atoms with E-state index in [1.165, 1.54) is 0 Å². The zero-order valence-electron chi connectivity index (χ0n) is 7.31. The zero-order chi connectivity index (χ0) is 9.97. The minimum absolute atomic E-state index is 0.453. The molecule has 0 amide bonds. The predicted molar refractivity (Wildman–Crippen MR) is 55.8 cm³/mol. The van der Waals surface area contributed by atoms with Gasteiger partial charge in [-0.2, -0.15) is 0 Å². The molecular formula is C10H9O3P. The molecule has 0 heterocycles. The Morgan fingerprint density at radius 3 is 2.57 bits per heavy atom. The largest absolute Gasteiger partial charge is 0.426 e. The van der Waals surface area contributed by atoms with Gasteiger partial charge < -0.3 is 9.42 Å². The van der Waals surface area contributed by atoms with Crippen molar-refractivity contribution in [2.45, 2.75) is 0 Å². The van der Waals surface area contributed by atoms with Crippen molar-refractivity contribution in [2.75, 3.05) is 0 Å². The molecule has 3 nitrogen and oxygen atoms in total. The van der Waals surface area contributed by atoms with Gasteiger partial charge in [0.1, 0.15) is 5.75 Å². The maximum atomic E-state index is 10.6. The molecule has 0 bridgehead atoms. The van der Waals surface area contributed by atoms with Crippen LogP contribution in [0.2, 0.25) is 0 Å². The molecule has 0 spiro atoms. The summed E-state index contributed by atoms with van der Waals surface area (Å²) in [6.07, 6.45) is 0. The van der Waals surface area contributed by atoms with E-state index in [9.17, 15) is 4.57 Å². The van der Waals surface area contributed by atoms with E-state index >= 15 is 0 Å². The number of fused-ring (bicyclic) bond motifs is 1. The Kier molecular flexibility index (Phi) is 2.53. The lowest BCUT2D eigenvalue weighted by Gasteiger charge is -2.05. The van der Waals surface area contributed by atoms with E-state index < -0.39 is 8.25 Å². The van der Waals surface area contributed by atoms with Crippen molar-refractivity contribution in [1.82, 2.24) is 0 Å². The molecule has 1 unspecified atom stereocenters. The summed E-state index contributed by atoms with van der Waals surface area (Å²) in [4.78, 5) is 8.69. The highest BCUT2D eigenvalue weighted by atomic mass is 31.1. The van der Waals surface area contributed by atoms with Crippen LogP contribution in [0.1, 0.15) is 0 Å². The fourth-order valence-electron chi connectivity index (χ4n) is 1.38. The number of hydrogen-bond donors (Lipinski definition) is 1. The molecule has 0 saturated carbocycles. The lowest BCUT2D eigenvalue weighted by molar-refractivity contribution is 0.412. The molecule has 72 valence electrons. The molecule has 4 heteroatoms. The van der Waals surface area contributed by atoms with Gasteiger partial charge in [-0.1, -0.05) is 36.4 Å². The van der Waals surface area contributed by atoms with Crippen molar-refractivity contribution in [2.24, 2.45) is 0 Å². The van der Waals surface area contributed by atoms with Crippen molar-refractivity contribution in [3.8, 4) is 5.75 Å². The average Bonchev–Trinajstić information content (AvgIpc) is 2.18. The number of hydrogen-bond acceptors (Lipinski definition) is 2. The highest BCUT2D eigenvalue weighted by molar-refractivity contribution is 7.32. The Bertz CT molecular complexity index is 476. The van der Waals surface area contributed by atoms with Gasteiger partial charge in [0.15, 0.2) is 0 Å². The van der Waals surface area contributed by atoms with Crippen LogP contribution < -0.4 is 4.52 Å². The van der Waals surface area contributed by atoms with Gasteiger partial charge in [-0.15, -0.1) is 0 Å². The van der Waals surface area contributed by atoms with Crippen LogP contribution in [-0.2, 0) is 4.57 Å². The molecule has 2 rings (SSSR count). The molecule has 1 atom stereocenters. The molecule has 0 fully saturated rings. The van der Waals surface area contributed by atoms with Gasteiger partial charge in [-0.25, -0.2) is 4.57 Å². The van der Waals surface area contributed by atoms with Gasteiger partial charge in [0.05, 0.1) is 0 Å². The average molecular weight is 208 g/mol. The topological polar surface area (TPSA) is 46.5 Å². The van der Waals surface area contributed by atoms with Crippen molar-refractivity contribution >= 4 is 19.0 Å². The summed E-state index contributed by atoms with van der Waals surface area (Å²) in [7, 11) is -2.93. The van der Waals surface area contributed by atoms with Crippen molar-refractivity contribution in [1.29, 1.82) is 0 Å². The third kappa shape index (κ3) is 1.79. The van der Waals surface area contributed by atoms with Gasteiger partial charge in [-0.3, -0.25) is 0 Å². The molecule has 0 aliphatic heterocycles. The van der Waals surface area contributed by atoms with E-state index in [0.29, 0.717) is 5.75 Å². The van der Waals surface area contributed by atoms with E-state index in [1.54, 1.807) is 12.1 Å². The summed E-state index contributed by atoms with van der Waals surface area (Å²) in [5.41, 5.74) is 0. The maximum absolute atomic E-state index is 10.6. The minimum atomic E-state index is -2.93. The standard InChI is InChI=1S/C10H9O3P/c11-14(12)13-10-7-3-5-8-4-1-2-6-9(8)10/h1-7,14H,(H,11,12). The van der Waals surface area contributed by atoms with Crippen LogP contribution in [0.15, 0.2) is 42.5 Å². The van der Waals surface area contributed by atoms with Crippen molar-refractivity contribution in [3.05, 3.63) is 42.5 Å². The van der Waals surface area contributed by atoms with E-state index in [1.807, 2.05) is 30.3 Å². The van der Waals surface area contributed by atoms with E-state index in [-0.39, 0.29) is 0 Å². The Morgan fingerprint density at radius 2 is 1.79 bits per heavy atom. The van der Waals surface area contributed by atoms with Crippen LogP contribution in [0.4, 0.5) is 0 Å². The van der Waals surface area contributed by atoms with Gasteiger partial charge in [0, 0.05) is 5.39 Å². The third-order valence-electron chi connectivity index (χ3n) is 1.95. The molecule has 1 N–H and O–H groups in total. The lowest BCUT2D eigenvalue weighted by atomic mass is 10.1. The Hall–Kier alpha value is -1.31. The van der Waals surface area contributed by atoms with Gasteiger partial charge in [0.2, 0.25) is 0 Å². The minimum Gasteiger partial charge on any atom is -0.426 e. The highest BCUT2D eigenvalue weighted by Crippen LogP contribution is 2.30. The number of rotatable bonds is 2. The van der Waals surface area contributed by atoms with E-state index in [0.717, 1.165) is 10.8 Å². The first kappa shape index (κ1) is 9.25. The maximum Gasteiger partial charge on any atom is 0.365 e. The quantitative estimate of drug-likeness (QED) is 0.771. The monoisotopic (exact) mass is 208 g/mol. The lowest BCUT2D eigenvalue weighted by Crippen LogP contribution is -1.81. The van der Waals surface area contributed by atoms with Crippen molar-refractivity contribution in [3.63, 3.8) is 0 Å². The Morgan fingerprint density at radius 1 is 1.07 bits per heavy atom. The molecule has 0 radical (unpaired) electrons. The molecule has 0 saturated heterocycles. The molecule has 0 aliphatic carbocycles. The second kappa shape index (κ2) is 3.82. The molecule has 2 aromatic rings. The summed E-state index contributed by atoms with van der Waals surface area (Å²) >= 11 is 0. The molecule has 2 aromatic carbocycles. The van der Waals surface area contributed by atoms with Crippen LogP contribution in [0.5, 0.6) is 5.75 Å². The van der Waals surface area contributed by atoms with Gasteiger partial charge in [0.25, 0.3) is 0 Å². The van der Waals surface area contributed by atoms with Gasteiger partial charge in [-0.05, 0) is 11.5 Å². The first-order valence-corrected chi connectivity index (χ1v) is 5.42. The SMILES string of the molecule is O=[PH](O)Oc1cccc2ccccc12. The normalized spacial score (nSPS) is 12.6. The zero-order valence-corrected chi connectivity index (χ0v) is 8.31. The van der Waals surface area contributed by atoms with Crippen LogP contribution in [-0.4, -0.2) is 4.89 Å². The highest BCUT2D eigenvalue weighted by Gasteiger charge is 2.02. The van der Waals surface area contributed by atoms with Crippen molar-refractivity contribution < 1.29 is 14.0 Å². The summed E-state index contributed by atoms with van der Waals surface area (Å²) in [5, 5.41) is 1.84. The second-order valence-corrected chi connectivity index (χ2v) is 3.58. The van der Waals surface area contributed by atoms with Crippen LogP contribution in [0.3, 0.4) is 0 Å². The first-order chi connectivity index (χ1) is 6.77. The molecule has 0 aromatic heterocycles. The smallest absolute Gasteiger partial charge is 0.365 e. The Labute approximate surface area is 81.9 Å². The fourth-order valence-corrected chi connectivity index (χ4v) is 1.74. The second-order valence-electron chi connectivity index (χ2n) is 2.85. The Balaban J connectivity index is 2.59. The fraction of sp³-hybridized carbons (Fsp3) is 0. The predicted octanol–water partition coefficient (Wildman–Crippen LogP) is 2.60. The van der Waals surface area contributed by atoms with E-state index in [4.69, 9.17) is 9.42 Å². The first-order valence-electron chi connectivity index (χ1n) is 4.16. The summed E-state index contributed by atoms with van der Waals surface area (Å²) in [5.74, 6) is 0.453. The summed E-state index contributed by atoms with van der Waals surface area (Å²) in [6, 6.07) is 13.0. The summed E-state index contributed by atoms with van der Waals surface area (Å²) in [6.45, 7) is 0. The third-order valence-corrected chi connectivity index (χ3v) is 2.34. The molecular weight excluding hydrogens is 199 g/mol. The van der Waals surface area contributed by atoms with Crippen LogP contribution >= 0.6 is 8.25 Å². The molecule has 0 aliphatic rings. The van der Waals surface area contributed by atoms with E-state index in [2.05, 4.69) is 0 Å². The number of benzene rings is 2. The summed E-state index contributed by atoms with van der Waals surface area (Å²) < 4.78 is 15.4.